The molecule has 1 aliphatic carbocycles. The van der Waals surface area contributed by atoms with Crippen molar-refractivity contribution in [3.8, 4) is 22.3 Å². The maximum absolute atomic E-state index is 11.6. The van der Waals surface area contributed by atoms with Crippen LogP contribution in [0.2, 0.25) is 0 Å². The first-order valence-corrected chi connectivity index (χ1v) is 7.09. The van der Waals surface area contributed by atoms with Gasteiger partial charge in [0.1, 0.15) is 0 Å². The Hall–Kier alpha value is -3.88. The Bertz CT molecular complexity index is 1140. The van der Waals surface area contributed by atoms with Crippen molar-refractivity contribution in [2.45, 2.75) is 0 Å². The monoisotopic (exact) mass is 337 g/mol. The molecular formula is C16H7N3O6. The van der Waals surface area contributed by atoms with E-state index in [0.29, 0.717) is 22.1 Å². The van der Waals surface area contributed by atoms with Crippen LogP contribution in [0.25, 0.3) is 33.0 Å². The van der Waals surface area contributed by atoms with E-state index >= 15 is 0 Å². The third-order valence-electron chi connectivity index (χ3n) is 4.29. The molecule has 9 heteroatoms. The number of benzene rings is 3. The molecule has 0 N–H and O–H groups in total. The molecule has 0 radical (unpaired) electrons. The van der Waals surface area contributed by atoms with Crippen molar-refractivity contribution in [1.82, 2.24) is 0 Å². The smallest absolute Gasteiger partial charge is 0.258 e. The predicted molar refractivity (Wildman–Crippen MR) is 88.3 cm³/mol. The maximum Gasteiger partial charge on any atom is 0.423 e. The first kappa shape index (κ1) is 14.7. The standard InChI is InChI=1S/C16H7N3O6/c20-17(21)14-11-7-3-6-9-8-4-1-2-5-10(8)13(12(9)11)15(18(22)23)16(14)19(24)25/h1-7H. The van der Waals surface area contributed by atoms with Gasteiger partial charge in [-0.15, -0.1) is 0 Å². The summed E-state index contributed by atoms with van der Waals surface area (Å²) in [6, 6.07) is 11.4. The number of nitro groups is 3. The second-order valence-electron chi connectivity index (χ2n) is 5.47. The second-order valence-corrected chi connectivity index (χ2v) is 5.47. The van der Waals surface area contributed by atoms with Gasteiger partial charge >= 0.3 is 17.1 Å². The van der Waals surface area contributed by atoms with Crippen LogP contribution in [0.3, 0.4) is 0 Å². The molecule has 0 heterocycles. The summed E-state index contributed by atoms with van der Waals surface area (Å²) >= 11 is 0. The molecule has 3 aromatic rings. The van der Waals surface area contributed by atoms with Gasteiger partial charge in [-0.1, -0.05) is 36.4 Å². The van der Waals surface area contributed by atoms with Crippen molar-refractivity contribution in [3.05, 3.63) is 72.8 Å². The van der Waals surface area contributed by atoms with E-state index in [1.54, 1.807) is 36.4 Å². The first-order valence-electron chi connectivity index (χ1n) is 7.09. The van der Waals surface area contributed by atoms with Crippen molar-refractivity contribution in [3.63, 3.8) is 0 Å². The molecule has 0 bridgehead atoms. The summed E-state index contributed by atoms with van der Waals surface area (Å²) in [7, 11) is 0. The van der Waals surface area contributed by atoms with Crippen molar-refractivity contribution in [2.24, 2.45) is 0 Å². The number of fused-ring (bicyclic) bond motifs is 3. The van der Waals surface area contributed by atoms with Crippen molar-refractivity contribution in [1.29, 1.82) is 0 Å². The van der Waals surface area contributed by atoms with Crippen LogP contribution in [0.5, 0.6) is 0 Å². The Morgan fingerprint density at radius 3 is 1.76 bits per heavy atom. The van der Waals surface area contributed by atoms with Gasteiger partial charge in [0.2, 0.25) is 0 Å². The molecule has 4 rings (SSSR count). The molecule has 0 spiro atoms. The van der Waals surface area contributed by atoms with E-state index in [0.717, 1.165) is 0 Å². The van der Waals surface area contributed by atoms with Crippen molar-refractivity contribution in [2.75, 3.05) is 0 Å². The fourth-order valence-electron chi connectivity index (χ4n) is 3.45. The largest absolute Gasteiger partial charge is 0.423 e. The minimum atomic E-state index is -1.09. The molecule has 25 heavy (non-hydrogen) atoms. The van der Waals surface area contributed by atoms with Crippen LogP contribution in [-0.2, 0) is 0 Å². The van der Waals surface area contributed by atoms with E-state index in [1.165, 1.54) is 6.07 Å². The van der Waals surface area contributed by atoms with Crippen LogP contribution in [0, 0.1) is 30.3 Å². The molecule has 0 saturated heterocycles. The van der Waals surface area contributed by atoms with Crippen LogP contribution in [0.1, 0.15) is 0 Å². The maximum atomic E-state index is 11.6. The van der Waals surface area contributed by atoms with Gasteiger partial charge in [0, 0.05) is 5.39 Å². The highest BCUT2D eigenvalue weighted by molar-refractivity contribution is 6.22. The Morgan fingerprint density at radius 1 is 0.600 bits per heavy atom. The minimum absolute atomic E-state index is 0.0194. The van der Waals surface area contributed by atoms with Crippen molar-refractivity contribution >= 4 is 27.8 Å². The summed E-state index contributed by atoms with van der Waals surface area (Å²) < 4.78 is 0. The number of nitro benzene ring substituents is 3. The zero-order chi connectivity index (χ0) is 17.9. The third kappa shape index (κ3) is 1.77. The SMILES string of the molecule is O=[N+]([O-])c1c([N+](=O)[O-])c2c3c(cccc3c1[N+](=O)[O-])-c1ccccc1-2. The summed E-state index contributed by atoms with van der Waals surface area (Å²) in [6.45, 7) is 0. The van der Waals surface area contributed by atoms with E-state index in [4.69, 9.17) is 0 Å². The molecule has 0 aromatic heterocycles. The second kappa shape index (κ2) is 4.81. The number of hydrogen-bond donors (Lipinski definition) is 0. The molecule has 0 amide bonds. The average Bonchev–Trinajstić information content (AvgIpc) is 2.90. The zero-order valence-corrected chi connectivity index (χ0v) is 12.3. The quantitative estimate of drug-likeness (QED) is 0.406. The Balaban J connectivity index is 2.37. The molecule has 122 valence electrons. The molecule has 1 aliphatic rings. The Labute approximate surface area is 138 Å². The van der Waals surface area contributed by atoms with Crippen molar-refractivity contribution < 1.29 is 14.8 Å². The molecule has 0 aliphatic heterocycles. The van der Waals surface area contributed by atoms with Gasteiger partial charge in [-0.05, 0) is 22.8 Å². The van der Waals surface area contributed by atoms with E-state index in [-0.39, 0.29) is 10.9 Å². The summed E-state index contributed by atoms with van der Waals surface area (Å²) in [5.41, 5.74) is -1.04. The van der Waals surface area contributed by atoms with Crippen LogP contribution in [-0.4, -0.2) is 14.8 Å². The van der Waals surface area contributed by atoms with Gasteiger partial charge in [-0.25, -0.2) is 0 Å². The van der Waals surface area contributed by atoms with Gasteiger partial charge in [-0.3, -0.25) is 30.3 Å². The lowest BCUT2D eigenvalue weighted by Crippen LogP contribution is -2.04. The van der Waals surface area contributed by atoms with E-state index in [9.17, 15) is 30.3 Å². The van der Waals surface area contributed by atoms with E-state index in [2.05, 4.69) is 0 Å². The van der Waals surface area contributed by atoms with Gasteiger partial charge < -0.3 is 0 Å². The topological polar surface area (TPSA) is 129 Å². The van der Waals surface area contributed by atoms with E-state index < -0.39 is 31.8 Å². The fraction of sp³-hybridized carbons (Fsp3) is 0. The molecule has 0 unspecified atom stereocenters. The number of nitrogens with zero attached hydrogens (tertiary/aromatic N) is 3. The van der Waals surface area contributed by atoms with E-state index in [1.807, 2.05) is 0 Å². The lowest BCUT2D eigenvalue weighted by molar-refractivity contribution is -0.439. The molecule has 0 atom stereocenters. The van der Waals surface area contributed by atoms with Gasteiger partial charge in [0.15, 0.2) is 0 Å². The van der Waals surface area contributed by atoms with Crippen LogP contribution >= 0.6 is 0 Å². The molecule has 3 aromatic carbocycles. The average molecular weight is 337 g/mol. The molecule has 9 nitrogen and oxygen atoms in total. The van der Waals surface area contributed by atoms with Gasteiger partial charge in [0.05, 0.1) is 25.7 Å². The molecule has 0 saturated carbocycles. The third-order valence-corrected chi connectivity index (χ3v) is 4.29. The summed E-state index contributed by atoms with van der Waals surface area (Å²) in [5.74, 6) is 0. The molecular weight excluding hydrogens is 330 g/mol. The number of rotatable bonds is 3. The van der Waals surface area contributed by atoms with Crippen LogP contribution in [0.4, 0.5) is 17.1 Å². The fourth-order valence-corrected chi connectivity index (χ4v) is 3.45. The highest BCUT2D eigenvalue weighted by Gasteiger charge is 2.45. The zero-order valence-electron chi connectivity index (χ0n) is 12.3. The Morgan fingerprint density at radius 2 is 1.16 bits per heavy atom. The first-order chi connectivity index (χ1) is 11.9. The lowest BCUT2D eigenvalue weighted by Gasteiger charge is -2.06. The predicted octanol–water partition coefficient (Wildman–Crippen LogP) is 4.21. The normalized spacial score (nSPS) is 11.4. The van der Waals surface area contributed by atoms with Gasteiger partial charge in [0.25, 0.3) is 0 Å². The highest BCUT2D eigenvalue weighted by Crippen LogP contribution is 2.57. The number of hydrogen-bond acceptors (Lipinski definition) is 6. The highest BCUT2D eigenvalue weighted by atomic mass is 16.6. The Kier molecular flexibility index (Phi) is 2.83. The van der Waals surface area contributed by atoms with Gasteiger partial charge in [-0.2, -0.15) is 0 Å². The summed E-state index contributed by atoms with van der Waals surface area (Å²) in [5, 5.41) is 35.0. The summed E-state index contributed by atoms with van der Waals surface area (Å²) in [4.78, 5) is 31.7. The van der Waals surface area contributed by atoms with Crippen LogP contribution in [0.15, 0.2) is 42.5 Å². The van der Waals surface area contributed by atoms with Crippen LogP contribution < -0.4 is 0 Å². The summed E-state index contributed by atoms with van der Waals surface area (Å²) in [6.07, 6.45) is 0. The molecule has 0 fully saturated rings. The minimum Gasteiger partial charge on any atom is -0.258 e. The lowest BCUT2D eigenvalue weighted by atomic mass is 9.98.